The molecule has 1 heterocycles. The molecule has 0 saturated heterocycles. The van der Waals surface area contributed by atoms with Crippen molar-refractivity contribution in [1.29, 1.82) is 5.26 Å². The van der Waals surface area contributed by atoms with E-state index in [1.807, 2.05) is 24.3 Å². The summed E-state index contributed by atoms with van der Waals surface area (Å²) < 4.78 is 5.47. The summed E-state index contributed by atoms with van der Waals surface area (Å²) >= 11 is 0. The van der Waals surface area contributed by atoms with Gasteiger partial charge < -0.3 is 4.74 Å². The lowest BCUT2D eigenvalue weighted by Gasteiger charge is -2.19. The van der Waals surface area contributed by atoms with Crippen molar-refractivity contribution < 1.29 is 9.72 Å². The predicted molar refractivity (Wildman–Crippen MR) is 80.8 cm³/mol. The maximum atomic E-state index is 9.53. The second kappa shape index (κ2) is 5.45. The molecule has 106 valence electrons. The number of nitrogens with zero attached hydrogens (tertiary/aromatic N) is 1. The number of H-pyrrole nitrogens is 1. The summed E-state index contributed by atoms with van der Waals surface area (Å²) in [7, 11) is 1.65. The van der Waals surface area contributed by atoms with Crippen LogP contribution in [0.3, 0.4) is 0 Å². The number of aromatic nitrogens is 1. The molecule has 0 saturated carbocycles. The van der Waals surface area contributed by atoms with Gasteiger partial charge in [-0.25, -0.2) is 4.98 Å². The minimum absolute atomic E-state index is 0.444. The molecule has 0 unspecified atom stereocenters. The highest BCUT2D eigenvalue weighted by atomic mass is 16.5. The number of fused-ring (bicyclic) bond motifs is 1. The molecule has 0 radical (unpaired) electrons. The highest BCUT2D eigenvalue weighted by Crippen LogP contribution is 2.38. The van der Waals surface area contributed by atoms with E-state index in [0.29, 0.717) is 11.4 Å². The molecule has 0 spiro atoms. The number of benzene rings is 1. The molecule has 21 heavy (non-hydrogen) atoms. The molecule has 1 aliphatic carbocycles. The van der Waals surface area contributed by atoms with Crippen molar-refractivity contribution in [2.75, 3.05) is 12.8 Å². The second-order valence-corrected chi connectivity index (χ2v) is 5.26. The molecule has 0 atom stereocenters. The Morgan fingerprint density at radius 3 is 2.76 bits per heavy atom. The first-order valence-corrected chi connectivity index (χ1v) is 7.16. The first kappa shape index (κ1) is 13.4. The average Bonchev–Trinajstić information content (AvgIpc) is 2.53. The van der Waals surface area contributed by atoms with Crippen LogP contribution >= 0.6 is 0 Å². The van der Waals surface area contributed by atoms with Gasteiger partial charge in [-0.15, -0.1) is 0 Å². The van der Waals surface area contributed by atoms with Gasteiger partial charge in [-0.1, -0.05) is 18.2 Å². The van der Waals surface area contributed by atoms with Gasteiger partial charge in [0.05, 0.1) is 7.11 Å². The van der Waals surface area contributed by atoms with Crippen LogP contribution < -0.4 is 15.5 Å². The van der Waals surface area contributed by atoms with Crippen molar-refractivity contribution in [2.24, 2.45) is 0 Å². The monoisotopic (exact) mass is 280 g/mol. The van der Waals surface area contributed by atoms with E-state index >= 15 is 0 Å². The number of nitrogens with one attached hydrogen (secondary N) is 1. The first-order chi connectivity index (χ1) is 10.3. The fraction of sp³-hybridized carbons (Fsp3) is 0.294. The number of hydrogen-bond acceptors (Lipinski definition) is 3. The van der Waals surface area contributed by atoms with Crippen LogP contribution in [0.5, 0.6) is 5.75 Å². The van der Waals surface area contributed by atoms with Gasteiger partial charge in [-0.2, -0.15) is 5.26 Å². The number of pyridine rings is 1. The van der Waals surface area contributed by atoms with Gasteiger partial charge >= 0.3 is 0 Å². The molecule has 3 N–H and O–H groups in total. The third kappa shape index (κ3) is 2.21. The van der Waals surface area contributed by atoms with Gasteiger partial charge in [0.25, 0.3) is 5.82 Å². The molecule has 1 aromatic heterocycles. The number of ether oxygens (including phenoxy) is 1. The van der Waals surface area contributed by atoms with Crippen molar-refractivity contribution in [3.63, 3.8) is 0 Å². The summed E-state index contributed by atoms with van der Waals surface area (Å²) in [6.07, 6.45) is 4.24. The average molecular weight is 280 g/mol. The van der Waals surface area contributed by atoms with Crippen LogP contribution in [0.4, 0.5) is 5.82 Å². The Morgan fingerprint density at radius 2 is 2.00 bits per heavy atom. The zero-order valence-corrected chi connectivity index (χ0v) is 12.1. The van der Waals surface area contributed by atoms with Crippen molar-refractivity contribution in [3.05, 3.63) is 41.1 Å². The third-order valence-electron chi connectivity index (χ3n) is 4.06. The van der Waals surface area contributed by atoms with E-state index in [2.05, 4.69) is 11.1 Å². The Hall–Kier alpha value is -2.54. The van der Waals surface area contributed by atoms with Crippen molar-refractivity contribution >= 4 is 5.82 Å². The zero-order valence-electron chi connectivity index (χ0n) is 12.1. The topological polar surface area (TPSA) is 73.2 Å². The van der Waals surface area contributed by atoms with Gasteiger partial charge in [0.15, 0.2) is 0 Å². The van der Waals surface area contributed by atoms with Gasteiger partial charge in [0.2, 0.25) is 0 Å². The number of hydrogen-bond donors (Lipinski definition) is 1. The minimum Gasteiger partial charge on any atom is -0.496 e. The molecule has 4 nitrogen and oxygen atoms in total. The Morgan fingerprint density at radius 1 is 1.24 bits per heavy atom. The van der Waals surface area contributed by atoms with Crippen molar-refractivity contribution in [2.45, 2.75) is 25.7 Å². The van der Waals surface area contributed by atoms with Crippen molar-refractivity contribution in [1.82, 2.24) is 0 Å². The molecule has 1 aromatic carbocycles. The first-order valence-electron chi connectivity index (χ1n) is 7.16. The maximum Gasteiger partial charge on any atom is 0.289 e. The van der Waals surface area contributed by atoms with Crippen LogP contribution in [-0.4, -0.2) is 7.11 Å². The van der Waals surface area contributed by atoms with Crippen LogP contribution in [0.15, 0.2) is 24.3 Å². The van der Waals surface area contributed by atoms with E-state index in [1.165, 1.54) is 5.56 Å². The Balaban J connectivity index is 2.35. The Labute approximate surface area is 124 Å². The van der Waals surface area contributed by atoms with Gasteiger partial charge in [-0.05, 0) is 25.3 Å². The number of anilines is 1. The summed E-state index contributed by atoms with van der Waals surface area (Å²) in [5.74, 6) is 1.21. The number of nitrogen functional groups attached to an aromatic ring is 1. The standard InChI is InChI=1S/C17H17N3O/c1-21-15-9-5-3-7-12(15)16-11-6-2-4-8-14(11)20-17(19)13(16)10-18/h3,5,7,9H,2,4,6,8H2,1H3,(H2,19,20)/p+1. The van der Waals surface area contributed by atoms with Gasteiger partial charge in [0, 0.05) is 23.1 Å². The third-order valence-corrected chi connectivity index (χ3v) is 4.06. The maximum absolute atomic E-state index is 9.53. The van der Waals surface area contributed by atoms with Crippen LogP contribution in [0.1, 0.15) is 29.7 Å². The number of nitriles is 1. The molecule has 0 bridgehead atoms. The lowest BCUT2D eigenvalue weighted by Crippen LogP contribution is -2.24. The van der Waals surface area contributed by atoms with Crippen molar-refractivity contribution in [3.8, 4) is 22.9 Å². The van der Waals surface area contributed by atoms with E-state index < -0.39 is 0 Å². The SMILES string of the molecule is COc1ccccc1-c1c(C#N)c(N)[nH+]c2c1CCCC2. The number of methoxy groups -OCH3 is 1. The number of para-hydroxylation sites is 1. The lowest BCUT2D eigenvalue weighted by molar-refractivity contribution is -0.374. The van der Waals surface area contributed by atoms with E-state index in [0.717, 1.165) is 48.3 Å². The smallest absolute Gasteiger partial charge is 0.289 e. The molecule has 0 fully saturated rings. The molecule has 4 heteroatoms. The highest BCUT2D eigenvalue weighted by Gasteiger charge is 2.26. The number of nitrogens with two attached hydrogens (primary N) is 1. The number of rotatable bonds is 2. The van der Waals surface area contributed by atoms with Gasteiger partial charge in [-0.3, -0.25) is 5.73 Å². The number of aryl methyl sites for hydroxylation is 1. The molecular formula is C17H18N3O+. The number of aromatic amines is 1. The molecule has 2 aromatic rings. The van der Waals surface area contributed by atoms with Crippen LogP contribution in [0.2, 0.25) is 0 Å². The van der Waals surface area contributed by atoms with Crippen LogP contribution in [0.25, 0.3) is 11.1 Å². The predicted octanol–water partition coefficient (Wildman–Crippen LogP) is 2.51. The molecule has 3 rings (SSSR count). The second-order valence-electron chi connectivity index (χ2n) is 5.26. The highest BCUT2D eigenvalue weighted by molar-refractivity contribution is 5.81. The molecule has 0 amide bonds. The van der Waals surface area contributed by atoms with Gasteiger partial charge in [0.1, 0.15) is 23.1 Å². The summed E-state index contributed by atoms with van der Waals surface area (Å²) in [5.41, 5.74) is 10.8. The van der Waals surface area contributed by atoms with Crippen LogP contribution in [0, 0.1) is 11.3 Å². The lowest BCUT2D eigenvalue weighted by atomic mass is 9.86. The molecule has 0 aliphatic heterocycles. The zero-order chi connectivity index (χ0) is 14.8. The molecular weight excluding hydrogens is 262 g/mol. The molecule has 1 aliphatic rings. The fourth-order valence-electron chi connectivity index (χ4n) is 3.09. The van der Waals surface area contributed by atoms with E-state index in [4.69, 9.17) is 10.5 Å². The largest absolute Gasteiger partial charge is 0.496 e. The van der Waals surface area contributed by atoms with E-state index in [1.54, 1.807) is 7.11 Å². The van der Waals surface area contributed by atoms with E-state index in [9.17, 15) is 5.26 Å². The summed E-state index contributed by atoms with van der Waals surface area (Å²) in [4.78, 5) is 3.21. The quantitative estimate of drug-likeness (QED) is 0.918. The van der Waals surface area contributed by atoms with E-state index in [-0.39, 0.29) is 0 Å². The fourth-order valence-corrected chi connectivity index (χ4v) is 3.09. The Kier molecular flexibility index (Phi) is 3.49. The Bertz CT molecular complexity index is 732. The van der Waals surface area contributed by atoms with Crippen LogP contribution in [-0.2, 0) is 12.8 Å². The summed E-state index contributed by atoms with van der Waals surface area (Å²) in [5, 5.41) is 9.53. The summed E-state index contributed by atoms with van der Waals surface area (Å²) in [6.45, 7) is 0. The minimum atomic E-state index is 0.444. The normalized spacial score (nSPS) is 13.3. The summed E-state index contributed by atoms with van der Waals surface area (Å²) in [6, 6.07) is 10.0.